The van der Waals surface area contributed by atoms with Crippen LogP contribution in [0.5, 0.6) is 5.88 Å². The molecule has 0 fully saturated rings. The Kier molecular flexibility index (Phi) is 5.75. The highest BCUT2D eigenvalue weighted by molar-refractivity contribution is 7.98. The van der Waals surface area contributed by atoms with Crippen molar-refractivity contribution in [2.75, 3.05) is 26.6 Å². The summed E-state index contributed by atoms with van der Waals surface area (Å²) in [6, 6.07) is 1.61. The van der Waals surface area contributed by atoms with Gasteiger partial charge in [-0.15, -0.1) is 0 Å². The van der Waals surface area contributed by atoms with Gasteiger partial charge in [-0.25, -0.2) is 4.98 Å². The summed E-state index contributed by atoms with van der Waals surface area (Å²) in [5, 5.41) is 1.01. The quantitative estimate of drug-likeness (QED) is 0.334. The van der Waals surface area contributed by atoms with Crippen molar-refractivity contribution in [3.8, 4) is 5.88 Å². The number of nitrogens with zero attached hydrogens (tertiary/aromatic N) is 2. The van der Waals surface area contributed by atoms with Gasteiger partial charge < -0.3 is 9.47 Å². The standard InChI is InChI=1S/C9H13ClN2O2S/c1-13-4-3-5-14-8-6-7(10)11-9(12-8)15-2/h6H,3-5H2,1-2H3. The van der Waals surface area contributed by atoms with Crippen LogP contribution in [-0.2, 0) is 4.74 Å². The normalized spacial score (nSPS) is 10.3. The van der Waals surface area contributed by atoms with Gasteiger partial charge in [-0.2, -0.15) is 4.98 Å². The van der Waals surface area contributed by atoms with E-state index in [0.717, 1.165) is 6.42 Å². The second-order valence-corrected chi connectivity index (χ2v) is 3.87. The number of methoxy groups -OCH3 is 1. The van der Waals surface area contributed by atoms with Crippen molar-refractivity contribution in [1.29, 1.82) is 0 Å². The van der Waals surface area contributed by atoms with Crippen LogP contribution >= 0.6 is 23.4 Å². The molecule has 0 aliphatic heterocycles. The molecule has 15 heavy (non-hydrogen) atoms. The minimum absolute atomic E-state index is 0.399. The highest BCUT2D eigenvalue weighted by Gasteiger charge is 2.02. The lowest BCUT2D eigenvalue weighted by molar-refractivity contribution is 0.170. The van der Waals surface area contributed by atoms with Crippen LogP contribution in [0.4, 0.5) is 0 Å². The van der Waals surface area contributed by atoms with Gasteiger partial charge in [-0.3, -0.25) is 0 Å². The van der Waals surface area contributed by atoms with Crippen LogP contribution in [0.25, 0.3) is 0 Å². The fourth-order valence-corrected chi connectivity index (χ4v) is 1.52. The molecule has 1 rings (SSSR count). The Morgan fingerprint density at radius 1 is 1.40 bits per heavy atom. The molecule has 0 aliphatic carbocycles. The zero-order valence-electron chi connectivity index (χ0n) is 8.70. The third-order valence-electron chi connectivity index (χ3n) is 1.58. The summed E-state index contributed by atoms with van der Waals surface area (Å²) in [6.45, 7) is 1.24. The summed E-state index contributed by atoms with van der Waals surface area (Å²) in [5.74, 6) is 0.510. The van der Waals surface area contributed by atoms with E-state index >= 15 is 0 Å². The molecule has 6 heteroatoms. The number of thioether (sulfide) groups is 1. The molecule has 84 valence electrons. The van der Waals surface area contributed by atoms with Crippen LogP contribution in [0, 0.1) is 0 Å². The van der Waals surface area contributed by atoms with Crippen molar-refractivity contribution >= 4 is 23.4 Å². The molecular formula is C9H13ClN2O2S. The van der Waals surface area contributed by atoms with E-state index in [0.29, 0.717) is 29.4 Å². The van der Waals surface area contributed by atoms with Crippen molar-refractivity contribution in [3.05, 3.63) is 11.2 Å². The van der Waals surface area contributed by atoms with Crippen LogP contribution in [0.1, 0.15) is 6.42 Å². The fourth-order valence-electron chi connectivity index (χ4n) is 0.922. The van der Waals surface area contributed by atoms with Crippen molar-refractivity contribution < 1.29 is 9.47 Å². The lowest BCUT2D eigenvalue weighted by Crippen LogP contribution is -2.03. The van der Waals surface area contributed by atoms with E-state index in [1.54, 1.807) is 13.2 Å². The van der Waals surface area contributed by atoms with Crippen LogP contribution in [0.2, 0.25) is 5.15 Å². The van der Waals surface area contributed by atoms with E-state index in [1.807, 2.05) is 6.26 Å². The first-order valence-electron chi connectivity index (χ1n) is 4.46. The van der Waals surface area contributed by atoms with E-state index in [4.69, 9.17) is 21.1 Å². The first kappa shape index (κ1) is 12.5. The van der Waals surface area contributed by atoms with E-state index in [2.05, 4.69) is 9.97 Å². The zero-order chi connectivity index (χ0) is 11.1. The average Bonchev–Trinajstić information content (AvgIpc) is 2.23. The summed E-state index contributed by atoms with van der Waals surface area (Å²) >= 11 is 7.23. The molecule has 0 aliphatic rings. The molecule has 0 unspecified atom stereocenters. The lowest BCUT2D eigenvalue weighted by atomic mass is 10.5. The predicted molar refractivity (Wildman–Crippen MR) is 60.8 cm³/mol. The van der Waals surface area contributed by atoms with Gasteiger partial charge in [0.05, 0.1) is 6.61 Å². The lowest BCUT2D eigenvalue weighted by Gasteiger charge is -2.05. The Bertz CT molecular complexity index is 312. The van der Waals surface area contributed by atoms with Crippen LogP contribution in [0.15, 0.2) is 11.2 Å². The SMILES string of the molecule is COCCCOc1cc(Cl)nc(SC)n1. The molecule has 1 aromatic heterocycles. The Morgan fingerprint density at radius 2 is 2.20 bits per heavy atom. The molecular weight excluding hydrogens is 236 g/mol. The maximum atomic E-state index is 5.80. The average molecular weight is 249 g/mol. The van der Waals surface area contributed by atoms with Gasteiger partial charge in [0.2, 0.25) is 5.88 Å². The number of hydrogen-bond acceptors (Lipinski definition) is 5. The Labute approximate surface area is 98.3 Å². The molecule has 0 bridgehead atoms. The molecule has 0 N–H and O–H groups in total. The molecule has 0 saturated carbocycles. The fraction of sp³-hybridized carbons (Fsp3) is 0.556. The summed E-state index contributed by atoms with van der Waals surface area (Å²) in [7, 11) is 1.66. The van der Waals surface area contributed by atoms with E-state index in [1.165, 1.54) is 11.8 Å². The number of rotatable bonds is 6. The first-order chi connectivity index (χ1) is 7.26. The Balaban J connectivity index is 2.49. The van der Waals surface area contributed by atoms with Gasteiger partial charge in [-0.05, 0) is 6.26 Å². The monoisotopic (exact) mass is 248 g/mol. The Hall–Kier alpha value is -0.520. The molecule has 4 nitrogen and oxygen atoms in total. The second kappa shape index (κ2) is 6.87. The first-order valence-corrected chi connectivity index (χ1v) is 6.07. The highest BCUT2D eigenvalue weighted by atomic mass is 35.5. The maximum absolute atomic E-state index is 5.80. The summed E-state index contributed by atoms with van der Waals surface area (Å²) in [6.07, 6.45) is 2.72. The van der Waals surface area contributed by atoms with Crippen LogP contribution in [0.3, 0.4) is 0 Å². The Morgan fingerprint density at radius 3 is 2.87 bits per heavy atom. The van der Waals surface area contributed by atoms with Crippen molar-refractivity contribution in [3.63, 3.8) is 0 Å². The molecule has 0 spiro atoms. The zero-order valence-corrected chi connectivity index (χ0v) is 10.3. The molecule has 0 atom stereocenters. The number of halogens is 1. The van der Waals surface area contributed by atoms with E-state index < -0.39 is 0 Å². The van der Waals surface area contributed by atoms with E-state index in [9.17, 15) is 0 Å². The van der Waals surface area contributed by atoms with Gasteiger partial charge in [0, 0.05) is 26.2 Å². The van der Waals surface area contributed by atoms with Crippen LogP contribution in [-0.4, -0.2) is 36.5 Å². The molecule has 0 radical (unpaired) electrons. The summed E-state index contributed by atoms with van der Waals surface area (Å²) in [5.41, 5.74) is 0. The molecule has 1 heterocycles. The summed E-state index contributed by atoms with van der Waals surface area (Å²) < 4.78 is 10.3. The maximum Gasteiger partial charge on any atom is 0.218 e. The number of aromatic nitrogens is 2. The smallest absolute Gasteiger partial charge is 0.218 e. The largest absolute Gasteiger partial charge is 0.477 e. The van der Waals surface area contributed by atoms with Crippen LogP contribution < -0.4 is 4.74 Å². The van der Waals surface area contributed by atoms with Gasteiger partial charge >= 0.3 is 0 Å². The minimum atomic E-state index is 0.399. The van der Waals surface area contributed by atoms with Crippen molar-refractivity contribution in [1.82, 2.24) is 9.97 Å². The highest BCUT2D eigenvalue weighted by Crippen LogP contribution is 2.18. The molecule has 0 aromatic carbocycles. The van der Waals surface area contributed by atoms with Crippen molar-refractivity contribution in [2.45, 2.75) is 11.6 Å². The predicted octanol–water partition coefficient (Wildman–Crippen LogP) is 2.27. The van der Waals surface area contributed by atoms with Gasteiger partial charge in [-0.1, -0.05) is 23.4 Å². The number of ether oxygens (including phenoxy) is 2. The third kappa shape index (κ3) is 4.68. The molecule has 1 aromatic rings. The molecule has 0 amide bonds. The third-order valence-corrected chi connectivity index (χ3v) is 2.32. The minimum Gasteiger partial charge on any atom is -0.477 e. The van der Waals surface area contributed by atoms with Gasteiger partial charge in [0.1, 0.15) is 5.15 Å². The number of hydrogen-bond donors (Lipinski definition) is 0. The topological polar surface area (TPSA) is 44.2 Å². The summed E-state index contributed by atoms with van der Waals surface area (Å²) in [4.78, 5) is 8.16. The van der Waals surface area contributed by atoms with Gasteiger partial charge in [0.15, 0.2) is 5.16 Å². The van der Waals surface area contributed by atoms with Gasteiger partial charge in [0.25, 0.3) is 0 Å². The molecule has 0 saturated heterocycles. The van der Waals surface area contributed by atoms with Crippen molar-refractivity contribution in [2.24, 2.45) is 0 Å². The second-order valence-electron chi connectivity index (χ2n) is 2.71. The van der Waals surface area contributed by atoms with E-state index in [-0.39, 0.29) is 0 Å².